The first kappa shape index (κ1) is 6.85. The average molecular weight is 147 g/mol. The normalized spacial score (nSPS) is 10.3. The Labute approximate surface area is 54.7 Å². The molecule has 5 heteroatoms. The molecule has 0 aliphatic carbocycles. The fourth-order valence-corrected chi connectivity index (χ4v) is 0.455. The molecule has 1 aromatic heterocycles. The molecular formula is C5H3F2NO2. The Morgan fingerprint density at radius 2 is 2.40 bits per heavy atom. The number of carbonyl (C=O) groups excluding carboxylic acids is 1. The van der Waals surface area contributed by atoms with Gasteiger partial charge in [-0.15, -0.1) is 0 Å². The van der Waals surface area contributed by atoms with E-state index >= 15 is 0 Å². The van der Waals surface area contributed by atoms with E-state index in [1.54, 1.807) is 0 Å². The second kappa shape index (κ2) is 2.55. The summed E-state index contributed by atoms with van der Waals surface area (Å²) in [5.41, 5.74) is -0.512. The topological polar surface area (TPSA) is 43.1 Å². The summed E-state index contributed by atoms with van der Waals surface area (Å²) in [5.74, 6) is -0.324. The van der Waals surface area contributed by atoms with Gasteiger partial charge in [-0.05, 0) is 0 Å². The van der Waals surface area contributed by atoms with Gasteiger partial charge in [-0.1, -0.05) is 0 Å². The number of aromatic nitrogens is 1. The molecule has 0 bridgehead atoms. The van der Waals surface area contributed by atoms with Crippen molar-refractivity contribution in [2.45, 2.75) is 6.43 Å². The van der Waals surface area contributed by atoms with Crippen LogP contribution in [0.5, 0.6) is 0 Å². The minimum absolute atomic E-state index is 0.270. The zero-order chi connectivity index (χ0) is 7.56. The van der Waals surface area contributed by atoms with Crippen molar-refractivity contribution in [3.05, 3.63) is 17.8 Å². The van der Waals surface area contributed by atoms with Crippen LogP contribution in [0.2, 0.25) is 0 Å². The number of carbonyl (C=O) groups is 1. The summed E-state index contributed by atoms with van der Waals surface area (Å²) in [5, 5.41) is 0. The highest BCUT2D eigenvalue weighted by Crippen LogP contribution is 2.16. The van der Waals surface area contributed by atoms with E-state index in [0.717, 1.165) is 6.26 Å². The highest BCUT2D eigenvalue weighted by atomic mass is 19.3. The minimum Gasteiger partial charge on any atom is -0.442 e. The van der Waals surface area contributed by atoms with Gasteiger partial charge in [-0.2, -0.15) is 0 Å². The second-order valence-electron chi connectivity index (χ2n) is 1.53. The van der Waals surface area contributed by atoms with Crippen LogP contribution in [0.25, 0.3) is 0 Å². The summed E-state index contributed by atoms with van der Waals surface area (Å²) in [6, 6.07) is 0. The zero-order valence-electron chi connectivity index (χ0n) is 4.75. The number of hydrogen-bond donors (Lipinski definition) is 0. The molecule has 54 valence electrons. The third-order valence-corrected chi connectivity index (χ3v) is 0.864. The number of halogens is 2. The molecule has 0 spiro atoms. The highest BCUT2D eigenvalue weighted by Gasteiger charge is 2.11. The van der Waals surface area contributed by atoms with Gasteiger partial charge in [0.2, 0.25) is 6.29 Å². The lowest BCUT2D eigenvalue weighted by Gasteiger charge is -1.85. The third-order valence-electron chi connectivity index (χ3n) is 0.864. The molecular weight excluding hydrogens is 144 g/mol. The fourth-order valence-electron chi connectivity index (χ4n) is 0.455. The lowest BCUT2D eigenvalue weighted by molar-refractivity contribution is 0.109. The van der Waals surface area contributed by atoms with E-state index in [1.165, 1.54) is 0 Å². The first-order chi connectivity index (χ1) is 4.74. The quantitative estimate of drug-likeness (QED) is 0.594. The van der Waals surface area contributed by atoms with Gasteiger partial charge in [0.25, 0.3) is 12.3 Å². The van der Waals surface area contributed by atoms with Crippen molar-refractivity contribution in [1.82, 2.24) is 4.98 Å². The molecule has 1 rings (SSSR count). The monoisotopic (exact) mass is 147 g/mol. The zero-order valence-corrected chi connectivity index (χ0v) is 4.75. The van der Waals surface area contributed by atoms with Crippen LogP contribution in [0.15, 0.2) is 10.7 Å². The van der Waals surface area contributed by atoms with E-state index in [2.05, 4.69) is 9.40 Å². The van der Waals surface area contributed by atoms with Gasteiger partial charge in [-0.25, -0.2) is 13.8 Å². The molecule has 0 fully saturated rings. The van der Waals surface area contributed by atoms with E-state index in [4.69, 9.17) is 0 Å². The summed E-state index contributed by atoms with van der Waals surface area (Å²) >= 11 is 0. The van der Waals surface area contributed by atoms with E-state index in [1.807, 2.05) is 0 Å². The summed E-state index contributed by atoms with van der Waals surface area (Å²) in [4.78, 5) is 13.0. The SMILES string of the molecule is O=Cc1nc(C(F)F)co1. The summed E-state index contributed by atoms with van der Waals surface area (Å²) < 4.78 is 27.7. The molecule has 0 amide bonds. The molecule has 0 N–H and O–H groups in total. The van der Waals surface area contributed by atoms with Crippen molar-refractivity contribution in [2.24, 2.45) is 0 Å². The first-order valence-electron chi connectivity index (χ1n) is 2.43. The maximum atomic E-state index is 11.7. The van der Waals surface area contributed by atoms with E-state index in [0.29, 0.717) is 0 Å². The van der Waals surface area contributed by atoms with Gasteiger partial charge in [0.1, 0.15) is 12.0 Å². The largest absolute Gasteiger partial charge is 0.442 e. The molecule has 0 atom stereocenters. The van der Waals surface area contributed by atoms with Crippen LogP contribution in [-0.4, -0.2) is 11.3 Å². The Morgan fingerprint density at radius 3 is 2.70 bits per heavy atom. The molecule has 10 heavy (non-hydrogen) atoms. The first-order valence-corrected chi connectivity index (χ1v) is 2.43. The second-order valence-corrected chi connectivity index (χ2v) is 1.53. The van der Waals surface area contributed by atoms with Crippen LogP contribution in [0.4, 0.5) is 8.78 Å². The molecule has 0 aliphatic heterocycles. The van der Waals surface area contributed by atoms with E-state index in [-0.39, 0.29) is 12.2 Å². The molecule has 0 saturated carbocycles. The van der Waals surface area contributed by atoms with Crippen molar-refractivity contribution < 1.29 is 18.0 Å². The van der Waals surface area contributed by atoms with Crippen LogP contribution in [-0.2, 0) is 0 Å². The molecule has 0 aromatic carbocycles. The summed E-state index contributed by atoms with van der Waals surface area (Å²) in [7, 11) is 0. The molecule has 3 nitrogen and oxygen atoms in total. The number of hydrogen-bond acceptors (Lipinski definition) is 3. The maximum Gasteiger partial charge on any atom is 0.283 e. The minimum atomic E-state index is -2.68. The van der Waals surface area contributed by atoms with Crippen LogP contribution >= 0.6 is 0 Å². The van der Waals surface area contributed by atoms with Crippen LogP contribution in [0.3, 0.4) is 0 Å². The van der Waals surface area contributed by atoms with Crippen LogP contribution in [0.1, 0.15) is 22.8 Å². The van der Waals surface area contributed by atoms with Crippen molar-refractivity contribution in [1.29, 1.82) is 0 Å². The predicted molar refractivity (Wildman–Crippen MR) is 26.8 cm³/mol. The smallest absolute Gasteiger partial charge is 0.283 e. The molecule has 0 aliphatic rings. The predicted octanol–water partition coefficient (Wildman–Crippen LogP) is 1.42. The van der Waals surface area contributed by atoms with Gasteiger partial charge < -0.3 is 4.42 Å². The Bertz CT molecular complexity index is 233. The molecule has 1 aromatic rings. The Kier molecular flexibility index (Phi) is 1.75. The van der Waals surface area contributed by atoms with Gasteiger partial charge in [-0.3, -0.25) is 4.79 Å². The van der Waals surface area contributed by atoms with Gasteiger partial charge in [0.15, 0.2) is 0 Å². The number of aldehydes is 1. The maximum absolute atomic E-state index is 11.7. The number of alkyl halides is 2. The Hall–Kier alpha value is -1.26. The molecule has 0 unspecified atom stereocenters. The summed E-state index contributed by atoms with van der Waals surface area (Å²) in [6.07, 6.45) is -1.65. The Balaban J connectivity index is 2.88. The summed E-state index contributed by atoms with van der Waals surface area (Å²) in [6.45, 7) is 0. The molecule has 1 heterocycles. The molecule has 0 saturated heterocycles. The van der Waals surface area contributed by atoms with Crippen molar-refractivity contribution >= 4 is 6.29 Å². The van der Waals surface area contributed by atoms with E-state index < -0.39 is 12.1 Å². The highest BCUT2D eigenvalue weighted by molar-refractivity contribution is 5.67. The Morgan fingerprint density at radius 1 is 1.70 bits per heavy atom. The van der Waals surface area contributed by atoms with Crippen molar-refractivity contribution in [3.63, 3.8) is 0 Å². The van der Waals surface area contributed by atoms with Gasteiger partial charge >= 0.3 is 0 Å². The lowest BCUT2D eigenvalue weighted by atomic mass is 10.5. The standard InChI is InChI=1S/C5H3F2NO2/c6-5(7)3-2-10-4(1-9)8-3/h1-2,5H. The van der Waals surface area contributed by atoms with Crippen LogP contribution in [0, 0.1) is 0 Å². The average Bonchev–Trinajstić information content (AvgIpc) is 2.34. The van der Waals surface area contributed by atoms with Gasteiger partial charge in [0, 0.05) is 0 Å². The fraction of sp³-hybridized carbons (Fsp3) is 0.200. The van der Waals surface area contributed by atoms with Crippen LogP contribution < -0.4 is 0 Å². The lowest BCUT2D eigenvalue weighted by Crippen LogP contribution is -1.84. The van der Waals surface area contributed by atoms with Gasteiger partial charge in [0.05, 0.1) is 0 Å². The third kappa shape index (κ3) is 1.18. The number of nitrogens with zero attached hydrogens (tertiary/aromatic N) is 1. The number of rotatable bonds is 2. The van der Waals surface area contributed by atoms with Crippen molar-refractivity contribution in [3.8, 4) is 0 Å². The molecule has 0 radical (unpaired) electrons. The van der Waals surface area contributed by atoms with E-state index in [9.17, 15) is 13.6 Å². The number of oxazole rings is 1. The van der Waals surface area contributed by atoms with Crippen molar-refractivity contribution in [2.75, 3.05) is 0 Å².